The van der Waals surface area contributed by atoms with Crippen LogP contribution in [0.1, 0.15) is 13.8 Å². The van der Waals surface area contributed by atoms with Crippen LogP contribution in [0.5, 0.6) is 0 Å². The molecule has 0 aromatic heterocycles. The molecular weight excluding hydrogens is 165 g/mol. The molecule has 0 fully saturated rings. The molecule has 0 bridgehead atoms. The van der Waals surface area contributed by atoms with Crippen LogP contribution in [0.2, 0.25) is 10.5 Å². The van der Waals surface area contributed by atoms with Crippen molar-refractivity contribution in [2.24, 2.45) is 0 Å². The summed E-state index contributed by atoms with van der Waals surface area (Å²) in [6.07, 6.45) is 0. The van der Waals surface area contributed by atoms with Crippen molar-refractivity contribution in [3.63, 3.8) is 0 Å². The quantitative estimate of drug-likeness (QED) is 0.663. The summed E-state index contributed by atoms with van der Waals surface area (Å²) in [6, 6.07) is 0. The Morgan fingerprint density at radius 2 is 1.88 bits per heavy atom. The van der Waals surface area contributed by atoms with Gasteiger partial charge < -0.3 is 0 Å². The minimum absolute atomic E-state index is 0.484. The zero-order valence-corrected chi connectivity index (χ0v) is 7.77. The van der Waals surface area contributed by atoms with Gasteiger partial charge in [-0.05, 0) is 0 Å². The van der Waals surface area contributed by atoms with Crippen LogP contribution in [-0.2, 0) is 0 Å². The molecule has 0 spiro atoms. The van der Waals surface area contributed by atoms with Crippen LogP contribution in [0.4, 0.5) is 4.79 Å². The van der Waals surface area contributed by atoms with Gasteiger partial charge in [0.1, 0.15) is 0 Å². The molecule has 0 unspecified atom stereocenters. The fraction of sp³-hybridized carbons (Fsp3) is 0.800. The number of rotatable bonds is 3. The van der Waals surface area contributed by atoms with Crippen molar-refractivity contribution >= 4 is 19.2 Å². The van der Waals surface area contributed by atoms with Crippen molar-refractivity contribution in [2.75, 3.05) is 0 Å². The van der Waals surface area contributed by atoms with Gasteiger partial charge in [0.05, 0.1) is 0 Å². The summed E-state index contributed by atoms with van der Waals surface area (Å²) in [5.74, 6) is 0. The zero-order valence-electron chi connectivity index (χ0n) is 5.35. The van der Waals surface area contributed by atoms with E-state index in [1.807, 2.05) is 13.8 Å². The van der Waals surface area contributed by atoms with Crippen molar-refractivity contribution in [1.82, 2.24) is 0 Å². The molecule has 0 rings (SSSR count). The molecule has 3 heteroatoms. The standard InChI is InChI=1S/C5H12GeO2/c1-3-6(4-2)5(7)8/h6H,3-4H2,1-2H3,(H,7,8). The Hall–Kier alpha value is 0.0129. The first-order chi connectivity index (χ1) is 3.72. The molecule has 8 heavy (non-hydrogen) atoms. The Bertz CT molecular complexity index is 78.5. The zero-order chi connectivity index (χ0) is 6.57. The fourth-order valence-electron chi connectivity index (χ4n) is 0.638. The summed E-state index contributed by atoms with van der Waals surface area (Å²) in [5.41, 5.74) is 0. The van der Waals surface area contributed by atoms with E-state index < -0.39 is 19.2 Å². The average Bonchev–Trinajstić information content (AvgIpc) is 1.69. The van der Waals surface area contributed by atoms with E-state index in [0.29, 0.717) is 0 Å². The van der Waals surface area contributed by atoms with Crippen LogP contribution < -0.4 is 0 Å². The maximum absolute atomic E-state index is 10.2. The molecule has 0 saturated carbocycles. The molecule has 0 aliphatic heterocycles. The predicted octanol–water partition coefficient (Wildman–Crippen LogP) is 1.51. The third-order valence-corrected chi connectivity index (χ3v) is 6.94. The van der Waals surface area contributed by atoms with E-state index in [2.05, 4.69) is 0 Å². The summed E-state index contributed by atoms with van der Waals surface area (Å²) in [5, 5.41) is 10.3. The SMILES string of the molecule is C[CH2][GeH]([CH2]C)[C](=O)O. The Balaban J connectivity index is 3.52. The van der Waals surface area contributed by atoms with Gasteiger partial charge in [0.15, 0.2) is 0 Å². The van der Waals surface area contributed by atoms with Gasteiger partial charge in [0.25, 0.3) is 0 Å². The second-order valence-corrected chi connectivity index (χ2v) is 9.24. The van der Waals surface area contributed by atoms with E-state index in [9.17, 15) is 4.79 Å². The van der Waals surface area contributed by atoms with E-state index in [1.54, 1.807) is 0 Å². The van der Waals surface area contributed by atoms with Crippen LogP contribution in [0.15, 0.2) is 0 Å². The summed E-state index contributed by atoms with van der Waals surface area (Å²) >= 11 is -1.78. The van der Waals surface area contributed by atoms with Crippen molar-refractivity contribution < 1.29 is 9.90 Å². The summed E-state index contributed by atoms with van der Waals surface area (Å²) in [7, 11) is 0. The maximum atomic E-state index is 10.2. The summed E-state index contributed by atoms with van der Waals surface area (Å²) in [6.45, 7) is 3.95. The van der Waals surface area contributed by atoms with E-state index >= 15 is 0 Å². The molecule has 0 amide bonds. The van der Waals surface area contributed by atoms with Gasteiger partial charge in [-0.15, -0.1) is 0 Å². The van der Waals surface area contributed by atoms with Gasteiger partial charge in [-0.25, -0.2) is 0 Å². The van der Waals surface area contributed by atoms with Gasteiger partial charge in [-0.2, -0.15) is 0 Å². The van der Waals surface area contributed by atoms with Crippen LogP contribution in [0.25, 0.3) is 0 Å². The van der Waals surface area contributed by atoms with Crippen LogP contribution in [0.3, 0.4) is 0 Å². The molecule has 2 nitrogen and oxygen atoms in total. The van der Waals surface area contributed by atoms with Gasteiger partial charge in [0.2, 0.25) is 0 Å². The summed E-state index contributed by atoms with van der Waals surface area (Å²) in [4.78, 5) is 9.76. The molecule has 1 N–H and O–H groups in total. The van der Waals surface area contributed by atoms with Crippen LogP contribution in [0, 0.1) is 0 Å². The second kappa shape index (κ2) is 3.95. The number of carboxylic acid groups (broad SMARTS) is 1. The Morgan fingerprint density at radius 3 is 1.88 bits per heavy atom. The number of hydrogen-bond acceptors (Lipinski definition) is 1. The predicted molar refractivity (Wildman–Crippen MR) is 36.1 cm³/mol. The van der Waals surface area contributed by atoms with Gasteiger partial charge >= 0.3 is 53.4 Å². The summed E-state index contributed by atoms with van der Waals surface area (Å²) < 4.78 is 0. The molecule has 0 heterocycles. The molecule has 0 aliphatic rings. The third kappa shape index (κ3) is 2.35. The number of hydrogen-bond donors (Lipinski definition) is 1. The minimum atomic E-state index is -1.78. The first-order valence-electron chi connectivity index (χ1n) is 2.95. The van der Waals surface area contributed by atoms with Crippen molar-refractivity contribution in [2.45, 2.75) is 24.4 Å². The van der Waals surface area contributed by atoms with Crippen molar-refractivity contribution in [1.29, 1.82) is 0 Å². The van der Waals surface area contributed by atoms with E-state index in [1.165, 1.54) is 0 Å². The molecule has 0 aliphatic carbocycles. The number of carbonyl (C=O) groups is 1. The second-order valence-electron chi connectivity index (χ2n) is 1.85. The van der Waals surface area contributed by atoms with Crippen molar-refractivity contribution in [3.8, 4) is 0 Å². The third-order valence-electron chi connectivity index (χ3n) is 1.33. The van der Waals surface area contributed by atoms with Gasteiger partial charge in [-0.1, -0.05) is 0 Å². The van der Waals surface area contributed by atoms with Gasteiger partial charge in [0, 0.05) is 0 Å². The topological polar surface area (TPSA) is 37.3 Å². The van der Waals surface area contributed by atoms with Crippen LogP contribution in [-0.4, -0.2) is 24.3 Å². The first kappa shape index (κ1) is 8.01. The van der Waals surface area contributed by atoms with E-state index in [4.69, 9.17) is 5.11 Å². The molecule has 0 saturated heterocycles. The Morgan fingerprint density at radius 1 is 1.50 bits per heavy atom. The Labute approximate surface area is 54.0 Å². The van der Waals surface area contributed by atoms with Crippen molar-refractivity contribution in [3.05, 3.63) is 0 Å². The monoisotopic (exact) mass is 178 g/mol. The van der Waals surface area contributed by atoms with E-state index in [-0.39, 0.29) is 0 Å². The molecule has 0 atom stereocenters. The van der Waals surface area contributed by atoms with Gasteiger partial charge in [-0.3, -0.25) is 0 Å². The Kier molecular flexibility index (Phi) is 3.96. The first-order valence-corrected chi connectivity index (χ1v) is 7.58. The van der Waals surface area contributed by atoms with Crippen LogP contribution >= 0.6 is 0 Å². The fourth-order valence-corrected chi connectivity index (χ4v) is 3.31. The average molecular weight is 177 g/mol. The molecular formula is C5H12GeO2. The normalized spacial score (nSPS) is 9.88. The molecule has 48 valence electrons. The molecule has 0 radical (unpaired) electrons. The van der Waals surface area contributed by atoms with E-state index in [0.717, 1.165) is 10.5 Å². The molecule has 0 aromatic rings. The molecule has 0 aromatic carbocycles.